The van der Waals surface area contributed by atoms with Crippen molar-refractivity contribution in [3.8, 4) is 33.4 Å². The number of hydrogen-bond acceptors (Lipinski definition) is 1. The quantitative estimate of drug-likeness (QED) is 0.167. The van der Waals surface area contributed by atoms with E-state index in [-0.39, 0.29) is 5.41 Å². The van der Waals surface area contributed by atoms with Gasteiger partial charge < -0.3 is 4.90 Å². The second-order valence-corrected chi connectivity index (χ2v) is 15.5. The van der Waals surface area contributed by atoms with E-state index >= 15 is 0 Å². The van der Waals surface area contributed by atoms with Gasteiger partial charge >= 0.3 is 0 Å². The number of fused-ring (bicyclic) bond motifs is 8. The molecule has 0 bridgehead atoms. The van der Waals surface area contributed by atoms with E-state index in [1.165, 1.54) is 105 Å². The van der Waals surface area contributed by atoms with E-state index in [1.54, 1.807) is 0 Å². The molecule has 54 heavy (non-hydrogen) atoms. The van der Waals surface area contributed by atoms with Gasteiger partial charge in [0, 0.05) is 27.6 Å². The third-order valence-corrected chi connectivity index (χ3v) is 12.3. The van der Waals surface area contributed by atoms with E-state index in [2.05, 4.69) is 195 Å². The summed E-state index contributed by atoms with van der Waals surface area (Å²) >= 11 is 0. The lowest BCUT2D eigenvalue weighted by molar-refractivity contribution is 0.660. The van der Waals surface area contributed by atoms with Gasteiger partial charge in [-0.25, -0.2) is 0 Å². The van der Waals surface area contributed by atoms with E-state index in [1.807, 2.05) is 0 Å². The van der Waals surface area contributed by atoms with E-state index < -0.39 is 0 Å². The molecule has 0 spiro atoms. The minimum atomic E-state index is -0.0962. The molecule has 0 radical (unpaired) electrons. The highest BCUT2D eigenvalue weighted by Crippen LogP contribution is 2.56. The molecule has 1 aliphatic carbocycles. The van der Waals surface area contributed by atoms with Gasteiger partial charge in [-0.15, -0.1) is 0 Å². The Morgan fingerprint density at radius 2 is 0.963 bits per heavy atom. The first-order valence-corrected chi connectivity index (χ1v) is 19.2. The van der Waals surface area contributed by atoms with Crippen molar-refractivity contribution < 1.29 is 0 Å². The molecule has 0 amide bonds. The molecule has 0 unspecified atom stereocenters. The molecule has 2 aliphatic rings. The third-order valence-electron chi connectivity index (χ3n) is 12.3. The predicted molar refractivity (Wildman–Crippen MR) is 229 cm³/mol. The van der Waals surface area contributed by atoms with Gasteiger partial charge in [-0.2, -0.15) is 0 Å². The molecule has 256 valence electrons. The number of anilines is 3. The summed E-state index contributed by atoms with van der Waals surface area (Å²) in [7, 11) is 0. The smallest absolute Gasteiger partial charge is 0.0619 e. The normalized spacial score (nSPS) is 14.1. The number of nitrogens with zero attached hydrogens (tertiary/aromatic N) is 1. The van der Waals surface area contributed by atoms with E-state index in [4.69, 9.17) is 0 Å². The number of hydrogen-bond donors (Lipinski definition) is 0. The van der Waals surface area contributed by atoms with Crippen LogP contribution in [0.3, 0.4) is 0 Å². The fourth-order valence-corrected chi connectivity index (χ4v) is 9.81. The van der Waals surface area contributed by atoms with Crippen LogP contribution < -0.4 is 4.90 Å². The van der Waals surface area contributed by atoms with Gasteiger partial charge in [0.05, 0.1) is 5.69 Å². The van der Waals surface area contributed by atoms with Gasteiger partial charge in [0.15, 0.2) is 0 Å². The maximum absolute atomic E-state index is 2.58. The van der Waals surface area contributed by atoms with Crippen LogP contribution in [-0.4, -0.2) is 0 Å². The molecule has 1 heterocycles. The summed E-state index contributed by atoms with van der Waals surface area (Å²) in [6.45, 7) is 4.77. The van der Waals surface area contributed by atoms with Crippen molar-refractivity contribution in [2.75, 3.05) is 4.90 Å². The van der Waals surface area contributed by atoms with Gasteiger partial charge in [-0.1, -0.05) is 172 Å². The van der Waals surface area contributed by atoms with Crippen LogP contribution in [0.5, 0.6) is 0 Å². The van der Waals surface area contributed by atoms with Crippen LogP contribution >= 0.6 is 0 Å². The number of rotatable bonds is 3. The molecule has 0 atom stereocenters. The Balaban J connectivity index is 1.31. The Morgan fingerprint density at radius 3 is 1.76 bits per heavy atom. The first kappa shape index (κ1) is 31.1. The molecule has 0 saturated heterocycles. The number of benzene rings is 9. The van der Waals surface area contributed by atoms with Gasteiger partial charge in [-0.3, -0.25) is 0 Å². The molecule has 0 saturated carbocycles. The SMILES string of the molecule is CC1(C)c2ccccc2-c2c(-c3c4ccccc4c(N4c5ccccc5CCc5ccccc54)c4ccc(-c5cccc6ccccc56)cc34)cccc21. The first-order chi connectivity index (χ1) is 26.6. The second kappa shape index (κ2) is 11.8. The summed E-state index contributed by atoms with van der Waals surface area (Å²) in [6, 6.07) is 66.0. The summed E-state index contributed by atoms with van der Waals surface area (Å²) in [5.74, 6) is 0. The summed E-state index contributed by atoms with van der Waals surface area (Å²) in [6.07, 6.45) is 2.02. The zero-order valence-corrected chi connectivity index (χ0v) is 30.6. The lowest BCUT2D eigenvalue weighted by Crippen LogP contribution is -2.14. The molecule has 9 aromatic rings. The van der Waals surface area contributed by atoms with Crippen LogP contribution in [0, 0.1) is 0 Å². The highest BCUT2D eigenvalue weighted by Gasteiger charge is 2.37. The van der Waals surface area contributed by atoms with Gasteiger partial charge in [0.2, 0.25) is 0 Å². The van der Waals surface area contributed by atoms with Crippen LogP contribution in [0.15, 0.2) is 176 Å². The minimum Gasteiger partial charge on any atom is -0.309 e. The van der Waals surface area contributed by atoms with Gasteiger partial charge in [0.1, 0.15) is 0 Å². The molecule has 11 rings (SSSR count). The lowest BCUT2D eigenvalue weighted by atomic mass is 9.81. The minimum absolute atomic E-state index is 0.0962. The third kappa shape index (κ3) is 4.45. The maximum atomic E-state index is 2.58. The van der Waals surface area contributed by atoms with Crippen molar-refractivity contribution in [3.05, 3.63) is 198 Å². The van der Waals surface area contributed by atoms with Crippen LogP contribution in [0.1, 0.15) is 36.1 Å². The average molecular weight is 690 g/mol. The van der Waals surface area contributed by atoms with Crippen LogP contribution in [-0.2, 0) is 18.3 Å². The first-order valence-electron chi connectivity index (χ1n) is 19.2. The van der Waals surface area contributed by atoms with Crippen molar-refractivity contribution >= 4 is 49.4 Å². The molecule has 1 nitrogen and oxygen atoms in total. The monoisotopic (exact) mass is 689 g/mol. The zero-order chi connectivity index (χ0) is 36.0. The number of aryl methyl sites for hydroxylation is 2. The van der Waals surface area contributed by atoms with Crippen LogP contribution in [0.25, 0.3) is 65.7 Å². The summed E-state index contributed by atoms with van der Waals surface area (Å²) in [5.41, 5.74) is 17.0. The lowest BCUT2D eigenvalue weighted by Gasteiger charge is -2.31. The van der Waals surface area contributed by atoms with E-state index in [9.17, 15) is 0 Å². The Morgan fingerprint density at radius 1 is 0.407 bits per heavy atom. The van der Waals surface area contributed by atoms with Crippen molar-refractivity contribution in [2.45, 2.75) is 32.1 Å². The average Bonchev–Trinajstić information content (AvgIpc) is 3.34. The predicted octanol–water partition coefficient (Wildman–Crippen LogP) is 14.4. The topological polar surface area (TPSA) is 3.24 Å². The molecule has 0 fully saturated rings. The highest BCUT2D eigenvalue weighted by atomic mass is 15.2. The van der Waals surface area contributed by atoms with Gasteiger partial charge in [-0.05, 0) is 108 Å². The van der Waals surface area contributed by atoms with Crippen LogP contribution in [0.4, 0.5) is 17.1 Å². The fraction of sp³-hybridized carbons (Fsp3) is 0.0943. The van der Waals surface area contributed by atoms with Crippen molar-refractivity contribution in [3.63, 3.8) is 0 Å². The largest absolute Gasteiger partial charge is 0.309 e. The Bertz CT molecular complexity index is 2930. The fourth-order valence-electron chi connectivity index (χ4n) is 9.81. The van der Waals surface area contributed by atoms with Crippen molar-refractivity contribution in [1.82, 2.24) is 0 Å². The Hall–Kier alpha value is -6.44. The molecular formula is C53H39N. The van der Waals surface area contributed by atoms with Gasteiger partial charge in [0.25, 0.3) is 0 Å². The molecule has 1 aliphatic heterocycles. The Labute approximate surface area is 316 Å². The summed E-state index contributed by atoms with van der Waals surface area (Å²) in [5, 5.41) is 7.57. The van der Waals surface area contributed by atoms with E-state index in [0.29, 0.717) is 0 Å². The zero-order valence-electron chi connectivity index (χ0n) is 30.6. The van der Waals surface area contributed by atoms with Crippen molar-refractivity contribution in [1.29, 1.82) is 0 Å². The maximum Gasteiger partial charge on any atom is 0.0619 e. The van der Waals surface area contributed by atoms with Crippen LogP contribution in [0.2, 0.25) is 0 Å². The molecule has 9 aromatic carbocycles. The molecular weight excluding hydrogens is 651 g/mol. The summed E-state index contributed by atoms with van der Waals surface area (Å²) < 4.78 is 0. The molecule has 0 N–H and O–H groups in total. The highest BCUT2D eigenvalue weighted by molar-refractivity contribution is 6.24. The molecule has 0 aromatic heterocycles. The van der Waals surface area contributed by atoms with Crippen molar-refractivity contribution in [2.24, 2.45) is 0 Å². The number of para-hydroxylation sites is 2. The second-order valence-electron chi connectivity index (χ2n) is 15.5. The van der Waals surface area contributed by atoms with E-state index in [0.717, 1.165) is 12.8 Å². The molecule has 1 heteroatoms. The Kier molecular flexibility index (Phi) is 6.79. The summed E-state index contributed by atoms with van der Waals surface area (Å²) in [4.78, 5) is 2.58. The standard InChI is InChI=1S/C53H39N/c1-53(2)46-25-10-9-22-43(46)51-44(24-14-26-47(51)53)50-40-20-7-8-21-41(40)52(54-48-27-11-4-16-35(48)29-30-36-17-5-12-28-49(36)54)42-32-31-37(33-45(42)50)39-23-13-18-34-15-3-6-19-38(34)39/h3-28,31-33H,29-30H2,1-2H3.